The maximum atomic E-state index is 2.42. The second kappa shape index (κ2) is 19.0. The van der Waals surface area contributed by atoms with E-state index in [1.165, 1.54) is 59.0 Å². The second-order valence-corrected chi connectivity index (χ2v) is 15.2. The molecule has 0 saturated carbocycles. The summed E-state index contributed by atoms with van der Waals surface area (Å²) in [6.07, 6.45) is 8.13. The Bertz CT molecular complexity index is 1050. The maximum absolute atomic E-state index is 2.42. The topological polar surface area (TPSA) is 0 Å². The molecule has 0 fully saturated rings. The van der Waals surface area contributed by atoms with E-state index in [2.05, 4.69) is 114 Å². The molecule has 0 atom stereocenters. The summed E-state index contributed by atoms with van der Waals surface area (Å²) in [4.78, 5) is 0. The van der Waals surface area contributed by atoms with Crippen molar-refractivity contribution >= 4 is 48.0 Å². The van der Waals surface area contributed by atoms with E-state index in [9.17, 15) is 0 Å². The zero-order valence-corrected chi connectivity index (χ0v) is 28.3. The third-order valence-corrected chi connectivity index (χ3v) is 12.4. The third kappa shape index (κ3) is 11.4. The molecule has 4 aromatic carbocycles. The Morgan fingerprint density at radius 2 is 1.00 bits per heavy atom. The van der Waals surface area contributed by atoms with Gasteiger partial charge < -0.3 is 24.8 Å². The van der Waals surface area contributed by atoms with Crippen molar-refractivity contribution in [1.82, 2.24) is 0 Å². The van der Waals surface area contributed by atoms with Crippen LogP contribution in [0.15, 0.2) is 72.8 Å². The van der Waals surface area contributed by atoms with Gasteiger partial charge in [0.25, 0.3) is 0 Å². The van der Waals surface area contributed by atoms with Crippen molar-refractivity contribution in [2.24, 2.45) is 11.8 Å². The van der Waals surface area contributed by atoms with Crippen molar-refractivity contribution in [3.05, 3.63) is 72.8 Å². The average Bonchev–Trinajstić information content (AvgIpc) is 3.42. The van der Waals surface area contributed by atoms with Crippen molar-refractivity contribution in [3.8, 4) is 0 Å². The maximum Gasteiger partial charge on any atom is 4.00 e. The smallest absolute Gasteiger partial charge is 1.00 e. The second-order valence-electron chi connectivity index (χ2n) is 10.4. The molecule has 0 aliphatic carbocycles. The predicted molar refractivity (Wildman–Crippen MR) is 162 cm³/mol. The summed E-state index contributed by atoms with van der Waals surface area (Å²) in [6, 6.07) is 27.1. The van der Waals surface area contributed by atoms with Crippen LogP contribution in [-0.4, -0.2) is 24.6 Å². The summed E-state index contributed by atoms with van der Waals surface area (Å²) >= 11 is 0. The van der Waals surface area contributed by atoms with Crippen molar-refractivity contribution in [2.75, 3.05) is 24.6 Å². The van der Waals surface area contributed by atoms with Gasteiger partial charge in [-0.15, -0.1) is 80.7 Å². The predicted octanol–water partition coefficient (Wildman–Crippen LogP) is 3.47. The molecular weight excluding hydrogens is 565 g/mol. The van der Waals surface area contributed by atoms with Gasteiger partial charge in [0.1, 0.15) is 0 Å². The third-order valence-electron chi connectivity index (χ3n) is 6.09. The number of rotatable bonds is 10. The van der Waals surface area contributed by atoms with E-state index in [1.54, 1.807) is 10.6 Å². The monoisotopic (exact) mass is 608 g/mol. The molecule has 0 spiro atoms. The number of hydrogen-bond acceptors (Lipinski definition) is 0. The molecule has 37 heavy (non-hydrogen) atoms. The van der Waals surface area contributed by atoms with Gasteiger partial charge in [0, 0.05) is 0 Å². The first-order valence-corrected chi connectivity index (χ1v) is 16.6. The SMILES string of the molecule is CC(C)CP(CC(C)C)c1cc2ccccc2[cH-]1.CCCP(CCC)c1cc2ccccc2[cH-]1.[Cl-].[Cl-].[Ti+4]. The molecule has 0 N–H and O–H groups in total. The molecule has 0 saturated heterocycles. The van der Waals surface area contributed by atoms with Crippen LogP contribution in [0.25, 0.3) is 21.5 Å². The van der Waals surface area contributed by atoms with Gasteiger partial charge in [0.2, 0.25) is 0 Å². The Balaban J connectivity index is 0.000000651. The van der Waals surface area contributed by atoms with Gasteiger partial charge in [-0.3, -0.25) is 0 Å². The van der Waals surface area contributed by atoms with Crippen molar-refractivity contribution in [3.63, 3.8) is 0 Å². The Kier molecular flexibility index (Phi) is 18.9. The molecule has 0 radical (unpaired) electrons. The van der Waals surface area contributed by atoms with E-state index in [0.717, 1.165) is 11.8 Å². The van der Waals surface area contributed by atoms with Crippen LogP contribution < -0.4 is 35.4 Å². The van der Waals surface area contributed by atoms with Crippen LogP contribution in [0, 0.1) is 11.8 Å². The Hall–Kier alpha value is -0.186. The number of fused-ring (bicyclic) bond motifs is 2. The summed E-state index contributed by atoms with van der Waals surface area (Å²) in [7, 11) is 0.116. The molecule has 0 unspecified atom stereocenters. The molecule has 0 amide bonds. The molecule has 4 aromatic rings. The van der Waals surface area contributed by atoms with Crippen molar-refractivity contribution in [1.29, 1.82) is 0 Å². The minimum atomic E-state index is 0. The normalized spacial score (nSPS) is 10.9. The first kappa shape index (κ1) is 36.8. The summed E-state index contributed by atoms with van der Waals surface area (Å²) < 4.78 is 0. The Morgan fingerprint density at radius 3 is 1.35 bits per heavy atom. The molecule has 0 bridgehead atoms. The quantitative estimate of drug-likeness (QED) is 0.147. The zero-order chi connectivity index (χ0) is 24.5. The molecule has 0 heterocycles. The minimum absolute atomic E-state index is 0. The van der Waals surface area contributed by atoms with Crippen LogP contribution in [0.4, 0.5) is 0 Å². The van der Waals surface area contributed by atoms with Gasteiger partial charge >= 0.3 is 21.7 Å². The van der Waals surface area contributed by atoms with E-state index < -0.39 is 0 Å². The van der Waals surface area contributed by atoms with Crippen molar-refractivity contribution in [2.45, 2.75) is 54.4 Å². The van der Waals surface area contributed by atoms with Gasteiger partial charge in [-0.05, 0) is 36.5 Å². The fourth-order valence-electron chi connectivity index (χ4n) is 4.71. The van der Waals surface area contributed by atoms with Crippen LogP contribution in [-0.2, 0) is 21.7 Å². The van der Waals surface area contributed by atoms with Crippen LogP contribution in [0.2, 0.25) is 0 Å². The van der Waals surface area contributed by atoms with E-state index in [1.807, 2.05) is 0 Å². The van der Waals surface area contributed by atoms with Gasteiger partial charge in [-0.2, -0.15) is 12.1 Å². The van der Waals surface area contributed by atoms with Gasteiger partial charge in [0.15, 0.2) is 0 Å². The van der Waals surface area contributed by atoms with E-state index in [0.29, 0.717) is 0 Å². The van der Waals surface area contributed by atoms with E-state index in [4.69, 9.17) is 0 Å². The number of hydrogen-bond donors (Lipinski definition) is 0. The zero-order valence-electron chi connectivity index (χ0n) is 23.5. The van der Waals surface area contributed by atoms with Crippen LogP contribution in [0.5, 0.6) is 0 Å². The molecular formula is C32H44Cl2P2Ti. The van der Waals surface area contributed by atoms with E-state index >= 15 is 0 Å². The fraction of sp³-hybridized carbons (Fsp3) is 0.438. The van der Waals surface area contributed by atoms with Gasteiger partial charge in [-0.25, -0.2) is 0 Å². The standard InChI is InChI=1S/C17H24P.C15H20P.2ClH.Ti/c1-13(2)11-18(12-14(3)4)17-9-15-7-5-6-8-16(15)10-17;1-3-9-16(10-4-2)15-11-13-7-5-6-8-14(13)12-15;;;/h5-10,13-14H,11-12H2,1-4H3;5-8,11-12H,3-4,9-10H2,1-2H3;2*1H;/q2*-1;;;+4/p-2. The Labute approximate surface area is 256 Å². The van der Waals surface area contributed by atoms with Crippen LogP contribution in [0.3, 0.4) is 0 Å². The van der Waals surface area contributed by atoms with E-state index in [-0.39, 0.29) is 62.4 Å². The summed E-state index contributed by atoms with van der Waals surface area (Å²) in [5.74, 6) is 1.60. The summed E-state index contributed by atoms with van der Waals surface area (Å²) in [5, 5.41) is 8.86. The molecule has 200 valence electrons. The molecule has 4 rings (SSSR count). The van der Waals surface area contributed by atoms with Crippen LogP contribution >= 0.6 is 15.8 Å². The average molecular weight is 609 g/mol. The first-order valence-electron chi connectivity index (χ1n) is 13.2. The van der Waals surface area contributed by atoms with Crippen LogP contribution in [0.1, 0.15) is 54.4 Å². The molecule has 5 heteroatoms. The van der Waals surface area contributed by atoms with Gasteiger partial charge in [0.05, 0.1) is 0 Å². The summed E-state index contributed by atoms with van der Waals surface area (Å²) in [5.41, 5.74) is 0. The molecule has 0 aliphatic rings. The molecule has 0 nitrogen and oxygen atoms in total. The largest absolute Gasteiger partial charge is 4.00 e. The Morgan fingerprint density at radius 1 is 0.622 bits per heavy atom. The van der Waals surface area contributed by atoms with Crippen molar-refractivity contribution < 1.29 is 46.5 Å². The minimum Gasteiger partial charge on any atom is -1.00 e. The molecule has 0 aromatic heterocycles. The number of halogens is 2. The first-order chi connectivity index (χ1) is 16.4. The fourth-order valence-corrected chi connectivity index (χ4v) is 10.2. The van der Waals surface area contributed by atoms with Gasteiger partial charge in [-0.1, -0.05) is 82.4 Å². The summed E-state index contributed by atoms with van der Waals surface area (Å²) in [6.45, 7) is 14.0. The number of benzene rings is 2. The molecule has 0 aliphatic heterocycles.